The minimum absolute atomic E-state index is 0.166. The van der Waals surface area contributed by atoms with E-state index in [0.717, 1.165) is 6.42 Å². The van der Waals surface area contributed by atoms with Gasteiger partial charge in [-0.25, -0.2) is 4.79 Å². The second-order valence-electron chi connectivity index (χ2n) is 3.94. The molecule has 0 fully saturated rings. The number of benzene rings is 1. The number of esters is 1. The Balaban J connectivity index is 2.93. The highest BCUT2D eigenvalue weighted by Crippen LogP contribution is 2.24. The molecule has 0 atom stereocenters. The number of hydrogen-bond acceptors (Lipinski definition) is 3. The van der Waals surface area contributed by atoms with Crippen molar-refractivity contribution in [2.75, 3.05) is 6.61 Å². The molecule has 94 valence electrons. The Morgan fingerprint density at radius 3 is 2.71 bits per heavy atom. The SMILES string of the molecule is CCCOc1ccc(Cl)cc1C(=O)OC(C)C. The van der Waals surface area contributed by atoms with E-state index in [-0.39, 0.29) is 6.10 Å². The maximum absolute atomic E-state index is 11.8. The summed E-state index contributed by atoms with van der Waals surface area (Å²) in [6.07, 6.45) is 0.710. The largest absolute Gasteiger partial charge is 0.493 e. The van der Waals surface area contributed by atoms with Gasteiger partial charge < -0.3 is 9.47 Å². The molecule has 3 nitrogen and oxygen atoms in total. The fourth-order valence-corrected chi connectivity index (χ4v) is 1.45. The highest BCUT2D eigenvalue weighted by atomic mass is 35.5. The number of hydrogen-bond donors (Lipinski definition) is 0. The maximum atomic E-state index is 11.8. The lowest BCUT2D eigenvalue weighted by atomic mass is 10.2. The van der Waals surface area contributed by atoms with E-state index in [1.165, 1.54) is 0 Å². The lowest BCUT2D eigenvalue weighted by Gasteiger charge is -2.12. The highest BCUT2D eigenvalue weighted by Gasteiger charge is 2.15. The van der Waals surface area contributed by atoms with Crippen molar-refractivity contribution in [1.82, 2.24) is 0 Å². The van der Waals surface area contributed by atoms with Crippen molar-refractivity contribution in [3.63, 3.8) is 0 Å². The van der Waals surface area contributed by atoms with Gasteiger partial charge in [0.05, 0.1) is 12.7 Å². The van der Waals surface area contributed by atoms with E-state index < -0.39 is 5.97 Å². The second-order valence-corrected chi connectivity index (χ2v) is 4.38. The molecule has 0 unspecified atom stereocenters. The van der Waals surface area contributed by atoms with Crippen LogP contribution in [0.4, 0.5) is 0 Å². The van der Waals surface area contributed by atoms with Crippen LogP contribution < -0.4 is 4.74 Å². The van der Waals surface area contributed by atoms with Crippen LogP contribution in [-0.2, 0) is 4.74 Å². The van der Waals surface area contributed by atoms with E-state index in [4.69, 9.17) is 21.1 Å². The Bertz CT molecular complexity index is 388. The van der Waals surface area contributed by atoms with Crippen molar-refractivity contribution in [3.8, 4) is 5.75 Å². The van der Waals surface area contributed by atoms with Gasteiger partial charge in [0.1, 0.15) is 11.3 Å². The van der Waals surface area contributed by atoms with Gasteiger partial charge in [-0.1, -0.05) is 18.5 Å². The van der Waals surface area contributed by atoms with Crippen molar-refractivity contribution >= 4 is 17.6 Å². The zero-order valence-corrected chi connectivity index (χ0v) is 11.1. The Hall–Kier alpha value is -1.22. The minimum atomic E-state index is -0.409. The summed E-state index contributed by atoms with van der Waals surface area (Å²) in [7, 11) is 0. The van der Waals surface area contributed by atoms with Crippen molar-refractivity contribution in [3.05, 3.63) is 28.8 Å². The molecule has 0 N–H and O–H groups in total. The average molecular weight is 257 g/mol. The molecule has 4 heteroatoms. The third kappa shape index (κ3) is 4.27. The third-order valence-electron chi connectivity index (χ3n) is 1.97. The molecule has 0 aliphatic carbocycles. The number of halogens is 1. The normalized spacial score (nSPS) is 10.4. The summed E-state index contributed by atoms with van der Waals surface area (Å²) in [6.45, 7) is 6.16. The molecule has 0 saturated carbocycles. The van der Waals surface area contributed by atoms with Crippen LogP contribution in [0.1, 0.15) is 37.6 Å². The Labute approximate surface area is 107 Å². The monoisotopic (exact) mass is 256 g/mol. The van der Waals surface area contributed by atoms with Gasteiger partial charge in [-0.15, -0.1) is 0 Å². The summed E-state index contributed by atoms with van der Waals surface area (Å²) >= 11 is 5.87. The first-order valence-electron chi connectivity index (χ1n) is 5.68. The van der Waals surface area contributed by atoms with Crippen LogP contribution in [-0.4, -0.2) is 18.7 Å². The Morgan fingerprint density at radius 2 is 2.12 bits per heavy atom. The molecule has 1 aromatic rings. The second kappa shape index (κ2) is 6.50. The zero-order valence-electron chi connectivity index (χ0n) is 10.3. The quantitative estimate of drug-likeness (QED) is 0.754. The molecule has 0 spiro atoms. The van der Waals surface area contributed by atoms with Gasteiger partial charge in [0.25, 0.3) is 0 Å². The molecular weight excluding hydrogens is 240 g/mol. The molecule has 0 amide bonds. The summed E-state index contributed by atoms with van der Waals surface area (Å²) in [6, 6.07) is 4.95. The highest BCUT2D eigenvalue weighted by molar-refractivity contribution is 6.31. The third-order valence-corrected chi connectivity index (χ3v) is 2.20. The molecular formula is C13H17ClO3. The molecule has 17 heavy (non-hydrogen) atoms. The van der Waals surface area contributed by atoms with E-state index in [1.807, 2.05) is 6.92 Å². The van der Waals surface area contributed by atoms with Crippen LogP contribution in [0.3, 0.4) is 0 Å². The molecule has 0 aliphatic rings. The van der Waals surface area contributed by atoms with Crippen LogP contribution in [0, 0.1) is 0 Å². The summed E-state index contributed by atoms with van der Waals surface area (Å²) < 4.78 is 10.6. The van der Waals surface area contributed by atoms with Gasteiger partial charge in [0, 0.05) is 5.02 Å². The number of rotatable bonds is 5. The van der Waals surface area contributed by atoms with Gasteiger partial charge in [-0.2, -0.15) is 0 Å². The van der Waals surface area contributed by atoms with Crippen LogP contribution >= 0.6 is 11.6 Å². The van der Waals surface area contributed by atoms with Crippen LogP contribution in [0.2, 0.25) is 5.02 Å². The average Bonchev–Trinajstić information content (AvgIpc) is 2.26. The van der Waals surface area contributed by atoms with Gasteiger partial charge in [0.15, 0.2) is 0 Å². The van der Waals surface area contributed by atoms with Crippen molar-refractivity contribution in [2.45, 2.75) is 33.3 Å². The maximum Gasteiger partial charge on any atom is 0.342 e. The first kappa shape index (κ1) is 13.8. The number of ether oxygens (including phenoxy) is 2. The smallest absolute Gasteiger partial charge is 0.342 e. The van der Waals surface area contributed by atoms with E-state index in [9.17, 15) is 4.79 Å². The van der Waals surface area contributed by atoms with E-state index >= 15 is 0 Å². The summed E-state index contributed by atoms with van der Waals surface area (Å²) in [4.78, 5) is 11.8. The molecule has 0 radical (unpaired) electrons. The van der Waals surface area contributed by atoms with Gasteiger partial charge in [-0.05, 0) is 38.5 Å². The van der Waals surface area contributed by atoms with Crippen molar-refractivity contribution in [1.29, 1.82) is 0 Å². The zero-order chi connectivity index (χ0) is 12.8. The molecule has 0 bridgehead atoms. The van der Waals surface area contributed by atoms with Gasteiger partial charge in [-0.3, -0.25) is 0 Å². The molecule has 1 aromatic carbocycles. The predicted molar refractivity (Wildman–Crippen MR) is 67.8 cm³/mol. The van der Waals surface area contributed by atoms with E-state index in [0.29, 0.717) is 22.9 Å². The van der Waals surface area contributed by atoms with E-state index in [1.54, 1.807) is 32.0 Å². The van der Waals surface area contributed by atoms with Crippen molar-refractivity contribution in [2.24, 2.45) is 0 Å². The molecule has 0 saturated heterocycles. The number of carbonyl (C=O) groups excluding carboxylic acids is 1. The van der Waals surface area contributed by atoms with Gasteiger partial charge >= 0.3 is 5.97 Å². The van der Waals surface area contributed by atoms with Crippen molar-refractivity contribution < 1.29 is 14.3 Å². The van der Waals surface area contributed by atoms with Crippen LogP contribution in [0.25, 0.3) is 0 Å². The van der Waals surface area contributed by atoms with Crippen LogP contribution in [0.5, 0.6) is 5.75 Å². The topological polar surface area (TPSA) is 35.5 Å². The Kier molecular flexibility index (Phi) is 5.29. The summed E-state index contributed by atoms with van der Waals surface area (Å²) in [5.41, 5.74) is 0.375. The molecule has 0 aromatic heterocycles. The van der Waals surface area contributed by atoms with E-state index in [2.05, 4.69) is 0 Å². The summed E-state index contributed by atoms with van der Waals surface area (Å²) in [5, 5.41) is 0.490. The Morgan fingerprint density at radius 1 is 1.41 bits per heavy atom. The first-order valence-corrected chi connectivity index (χ1v) is 6.05. The molecule has 0 aliphatic heterocycles. The predicted octanol–water partition coefficient (Wildman–Crippen LogP) is 3.69. The number of carbonyl (C=O) groups is 1. The summed E-state index contributed by atoms with van der Waals surface area (Å²) in [5.74, 6) is 0.107. The van der Waals surface area contributed by atoms with Crippen LogP contribution in [0.15, 0.2) is 18.2 Å². The standard InChI is InChI=1S/C13H17ClO3/c1-4-7-16-12-6-5-10(14)8-11(12)13(15)17-9(2)3/h5-6,8-9H,4,7H2,1-3H3. The lowest BCUT2D eigenvalue weighted by molar-refractivity contribution is 0.0373. The molecule has 1 rings (SSSR count). The fourth-order valence-electron chi connectivity index (χ4n) is 1.28. The fraction of sp³-hybridized carbons (Fsp3) is 0.462. The molecule has 0 heterocycles. The lowest BCUT2D eigenvalue weighted by Crippen LogP contribution is -2.13. The first-order chi connectivity index (χ1) is 8.04. The van der Waals surface area contributed by atoms with Gasteiger partial charge in [0.2, 0.25) is 0 Å². The minimum Gasteiger partial charge on any atom is -0.493 e.